The van der Waals surface area contributed by atoms with E-state index < -0.39 is 17.5 Å². The van der Waals surface area contributed by atoms with Gasteiger partial charge in [0.15, 0.2) is 0 Å². The summed E-state index contributed by atoms with van der Waals surface area (Å²) in [6.07, 6.45) is 0.180. The predicted octanol–water partition coefficient (Wildman–Crippen LogP) is 1.47. The van der Waals surface area contributed by atoms with Crippen molar-refractivity contribution in [3.05, 3.63) is 35.4 Å². The Kier molecular flexibility index (Phi) is 2.27. The summed E-state index contributed by atoms with van der Waals surface area (Å²) in [5.74, 6) is -0.835. The second kappa shape index (κ2) is 3.35. The Hall–Kier alpha value is -1.35. The Labute approximate surface area is 88.4 Å². The number of carboxylic acid groups (broad SMARTS) is 1. The zero-order chi connectivity index (χ0) is 11.1. The summed E-state index contributed by atoms with van der Waals surface area (Å²) in [5.41, 5.74) is 1.00. The second-order valence-corrected chi connectivity index (χ2v) is 4.32. The van der Waals surface area contributed by atoms with Gasteiger partial charge < -0.3 is 10.2 Å². The highest BCUT2D eigenvalue weighted by atomic mass is 16.4. The first-order valence-corrected chi connectivity index (χ1v) is 5.03. The van der Waals surface area contributed by atoms with Crippen molar-refractivity contribution < 1.29 is 15.0 Å². The number of carboxylic acids is 1. The van der Waals surface area contributed by atoms with Gasteiger partial charge >= 0.3 is 5.97 Å². The van der Waals surface area contributed by atoms with Crippen LogP contribution in [0.15, 0.2) is 24.3 Å². The molecule has 1 aliphatic rings. The number of rotatable bonds is 2. The van der Waals surface area contributed by atoms with Crippen LogP contribution in [0.2, 0.25) is 0 Å². The maximum absolute atomic E-state index is 11.2. The van der Waals surface area contributed by atoms with E-state index in [1.54, 1.807) is 0 Å². The zero-order valence-electron chi connectivity index (χ0n) is 8.60. The minimum atomic E-state index is -0.856. The zero-order valence-corrected chi connectivity index (χ0v) is 8.60. The van der Waals surface area contributed by atoms with Crippen LogP contribution in [0.4, 0.5) is 0 Å². The Morgan fingerprint density at radius 3 is 2.60 bits per heavy atom. The minimum Gasteiger partial charge on any atom is -0.481 e. The maximum atomic E-state index is 11.2. The Morgan fingerprint density at radius 2 is 2.13 bits per heavy atom. The highest BCUT2D eigenvalue weighted by Gasteiger charge is 2.51. The van der Waals surface area contributed by atoms with Crippen LogP contribution >= 0.6 is 0 Å². The van der Waals surface area contributed by atoms with E-state index in [4.69, 9.17) is 0 Å². The average Bonchev–Trinajstić information content (AvgIpc) is 2.12. The molecule has 0 atom stereocenters. The number of hydrogen-bond acceptors (Lipinski definition) is 2. The molecule has 0 unspecified atom stereocenters. The van der Waals surface area contributed by atoms with Gasteiger partial charge in [-0.2, -0.15) is 0 Å². The number of hydrogen-bond donors (Lipinski definition) is 2. The second-order valence-electron chi connectivity index (χ2n) is 4.32. The highest BCUT2D eigenvalue weighted by molar-refractivity contribution is 5.83. The molecule has 3 nitrogen and oxygen atoms in total. The van der Waals surface area contributed by atoms with Crippen molar-refractivity contribution in [2.45, 2.75) is 31.3 Å². The monoisotopic (exact) mass is 206 g/mol. The van der Waals surface area contributed by atoms with Crippen molar-refractivity contribution in [3.8, 4) is 0 Å². The van der Waals surface area contributed by atoms with Crippen LogP contribution in [0.25, 0.3) is 0 Å². The van der Waals surface area contributed by atoms with E-state index in [2.05, 4.69) is 0 Å². The third kappa shape index (κ3) is 1.53. The van der Waals surface area contributed by atoms with Gasteiger partial charge in [0.2, 0.25) is 0 Å². The first-order valence-electron chi connectivity index (χ1n) is 5.03. The number of aliphatic carboxylic acids is 1. The molecule has 1 saturated carbocycles. The van der Waals surface area contributed by atoms with E-state index in [1.807, 2.05) is 31.2 Å². The molecule has 1 aromatic carbocycles. The van der Waals surface area contributed by atoms with Gasteiger partial charge in [0.1, 0.15) is 0 Å². The molecule has 1 aromatic rings. The summed E-state index contributed by atoms with van der Waals surface area (Å²) in [6, 6.07) is 7.52. The van der Waals surface area contributed by atoms with Crippen LogP contribution in [0.1, 0.15) is 24.0 Å². The molecule has 0 aromatic heterocycles. The van der Waals surface area contributed by atoms with Gasteiger partial charge in [0.25, 0.3) is 0 Å². The largest absolute Gasteiger partial charge is 0.481 e. The molecule has 1 fully saturated rings. The Morgan fingerprint density at radius 1 is 1.47 bits per heavy atom. The molecule has 0 aliphatic heterocycles. The van der Waals surface area contributed by atoms with E-state index in [1.165, 1.54) is 0 Å². The maximum Gasteiger partial charge on any atom is 0.314 e. The third-order valence-electron chi connectivity index (χ3n) is 3.15. The molecule has 1 aliphatic carbocycles. The number of carbonyl (C=O) groups is 1. The molecule has 15 heavy (non-hydrogen) atoms. The number of benzene rings is 1. The molecule has 2 rings (SSSR count). The average molecular weight is 206 g/mol. The number of aliphatic hydroxyl groups excluding tert-OH is 1. The molecule has 2 N–H and O–H groups in total. The van der Waals surface area contributed by atoms with E-state index in [9.17, 15) is 15.0 Å². The lowest BCUT2D eigenvalue weighted by atomic mass is 9.62. The fraction of sp³-hybridized carbons (Fsp3) is 0.417. The van der Waals surface area contributed by atoms with Crippen LogP contribution in [0.5, 0.6) is 0 Å². The van der Waals surface area contributed by atoms with E-state index in [0.29, 0.717) is 12.8 Å². The van der Waals surface area contributed by atoms with Crippen molar-refractivity contribution >= 4 is 5.97 Å². The van der Waals surface area contributed by atoms with Gasteiger partial charge in [-0.25, -0.2) is 0 Å². The lowest BCUT2D eigenvalue weighted by molar-refractivity contribution is -0.152. The van der Waals surface area contributed by atoms with Gasteiger partial charge in [0.05, 0.1) is 11.5 Å². The highest BCUT2D eigenvalue weighted by Crippen LogP contribution is 2.44. The van der Waals surface area contributed by atoms with Crippen LogP contribution in [0, 0.1) is 6.92 Å². The number of aliphatic hydroxyl groups is 1. The normalized spacial score (nSPS) is 29.6. The van der Waals surface area contributed by atoms with E-state index in [-0.39, 0.29) is 0 Å². The standard InChI is InChI=1S/C12H14O3/c1-8-3-2-4-9(5-8)12(11(14)15)6-10(13)7-12/h2-5,10,13H,6-7H2,1H3,(H,14,15)/t10-,12+. The Balaban J connectivity index is 2.39. The molecule has 80 valence electrons. The first kappa shape index (κ1) is 10.2. The molecule has 3 heteroatoms. The van der Waals surface area contributed by atoms with Crippen molar-refractivity contribution in [1.82, 2.24) is 0 Å². The molecule has 0 spiro atoms. The lowest BCUT2D eigenvalue weighted by Crippen LogP contribution is -2.50. The van der Waals surface area contributed by atoms with Crippen LogP contribution < -0.4 is 0 Å². The van der Waals surface area contributed by atoms with Crippen LogP contribution in [0.3, 0.4) is 0 Å². The van der Waals surface area contributed by atoms with Crippen molar-refractivity contribution in [1.29, 1.82) is 0 Å². The van der Waals surface area contributed by atoms with Crippen LogP contribution in [-0.2, 0) is 10.2 Å². The predicted molar refractivity (Wildman–Crippen MR) is 55.7 cm³/mol. The summed E-state index contributed by atoms with van der Waals surface area (Å²) in [7, 11) is 0. The summed E-state index contributed by atoms with van der Waals surface area (Å²) >= 11 is 0. The third-order valence-corrected chi connectivity index (χ3v) is 3.15. The van der Waals surface area contributed by atoms with Gasteiger partial charge in [-0.1, -0.05) is 29.8 Å². The smallest absolute Gasteiger partial charge is 0.314 e. The van der Waals surface area contributed by atoms with Crippen molar-refractivity contribution in [2.75, 3.05) is 0 Å². The fourth-order valence-electron chi connectivity index (χ4n) is 2.22. The molecule has 0 bridgehead atoms. The molecular weight excluding hydrogens is 192 g/mol. The van der Waals surface area contributed by atoms with Gasteiger partial charge in [-0.05, 0) is 25.3 Å². The fourth-order valence-corrected chi connectivity index (χ4v) is 2.22. The topological polar surface area (TPSA) is 57.5 Å². The summed E-state index contributed by atoms with van der Waals surface area (Å²) in [4.78, 5) is 11.2. The SMILES string of the molecule is Cc1cccc([C@]2(C(=O)O)C[C@@H](O)C2)c1. The summed E-state index contributed by atoms with van der Waals surface area (Å²) in [5, 5.41) is 18.5. The minimum absolute atomic E-state index is 0.325. The van der Waals surface area contributed by atoms with Crippen LogP contribution in [-0.4, -0.2) is 22.3 Å². The molecular formula is C12H14O3. The molecule has 0 radical (unpaired) electrons. The van der Waals surface area contributed by atoms with Gasteiger partial charge in [-0.15, -0.1) is 0 Å². The molecule has 0 saturated heterocycles. The summed E-state index contributed by atoms with van der Waals surface area (Å²) < 4.78 is 0. The number of aryl methyl sites for hydroxylation is 1. The summed E-state index contributed by atoms with van der Waals surface area (Å²) in [6.45, 7) is 1.94. The van der Waals surface area contributed by atoms with E-state index in [0.717, 1.165) is 11.1 Å². The molecule has 0 heterocycles. The van der Waals surface area contributed by atoms with Gasteiger partial charge in [-0.3, -0.25) is 4.79 Å². The molecule has 0 amide bonds. The first-order chi connectivity index (χ1) is 7.04. The van der Waals surface area contributed by atoms with Crippen molar-refractivity contribution in [3.63, 3.8) is 0 Å². The van der Waals surface area contributed by atoms with Gasteiger partial charge in [0, 0.05) is 0 Å². The lowest BCUT2D eigenvalue weighted by Gasteiger charge is -2.42. The van der Waals surface area contributed by atoms with E-state index >= 15 is 0 Å². The quantitative estimate of drug-likeness (QED) is 0.770. The Bertz CT molecular complexity index is 392. The van der Waals surface area contributed by atoms with Crippen molar-refractivity contribution in [2.24, 2.45) is 0 Å².